The number of nitrogens with zero attached hydrogens (tertiary/aromatic N) is 2. The third-order valence-corrected chi connectivity index (χ3v) is 6.34. The summed E-state index contributed by atoms with van der Waals surface area (Å²) in [6.45, 7) is 0.881. The molecule has 0 saturated heterocycles. The average molecular weight is 522 g/mol. The number of benzene rings is 1. The molecule has 2 aromatic heterocycles. The fourth-order valence-electron chi connectivity index (χ4n) is 3.61. The number of hydrogen-bond acceptors (Lipinski definition) is 7. The number of hydrogen-bond donors (Lipinski definition) is 3. The minimum absolute atomic E-state index is 0.0509. The Kier molecular flexibility index (Phi) is 9.37. The Bertz CT molecular complexity index is 1300. The summed E-state index contributed by atoms with van der Waals surface area (Å²) in [6.07, 6.45) is 7.81. The van der Waals surface area contributed by atoms with Gasteiger partial charge >= 0.3 is 11.9 Å². The SMILES string of the molecule is O=C(O)CCCCCOc1cc2oc(-c3cc[n+](CCCCCC(=O)O)cc3)nc2cc1S(=O)(=O)O. The van der Waals surface area contributed by atoms with Gasteiger partial charge < -0.3 is 19.4 Å². The number of rotatable bonds is 15. The van der Waals surface area contributed by atoms with Gasteiger partial charge in [-0.2, -0.15) is 8.42 Å². The maximum Gasteiger partial charge on any atom is 0.303 e. The second-order valence-electron chi connectivity index (χ2n) is 8.34. The van der Waals surface area contributed by atoms with E-state index in [0.717, 1.165) is 19.4 Å². The van der Waals surface area contributed by atoms with Crippen LogP contribution < -0.4 is 9.30 Å². The number of pyridine rings is 1. The lowest BCUT2D eigenvalue weighted by Crippen LogP contribution is -2.32. The molecule has 0 bridgehead atoms. The molecule has 11 nitrogen and oxygen atoms in total. The first-order chi connectivity index (χ1) is 17.1. The van der Waals surface area contributed by atoms with Crippen LogP contribution in [0.4, 0.5) is 0 Å². The van der Waals surface area contributed by atoms with Gasteiger partial charge in [0.25, 0.3) is 10.1 Å². The molecular weight excluding hydrogens is 492 g/mol. The quantitative estimate of drug-likeness (QED) is 0.152. The van der Waals surface area contributed by atoms with E-state index in [0.29, 0.717) is 31.2 Å². The topological polar surface area (TPSA) is 168 Å². The molecule has 0 unspecified atom stereocenters. The zero-order valence-electron chi connectivity index (χ0n) is 19.6. The molecule has 3 N–H and O–H groups in total. The normalized spacial score (nSPS) is 11.6. The first-order valence-electron chi connectivity index (χ1n) is 11.6. The van der Waals surface area contributed by atoms with Crippen LogP contribution in [0.5, 0.6) is 5.75 Å². The van der Waals surface area contributed by atoms with Crippen molar-refractivity contribution in [2.45, 2.75) is 62.8 Å². The van der Waals surface area contributed by atoms with Crippen LogP contribution in [0.25, 0.3) is 22.6 Å². The fourth-order valence-corrected chi connectivity index (χ4v) is 4.24. The lowest BCUT2D eigenvalue weighted by Gasteiger charge is -2.09. The van der Waals surface area contributed by atoms with Gasteiger partial charge in [-0.25, -0.2) is 9.55 Å². The number of oxazole rings is 1. The van der Waals surface area contributed by atoms with Crippen molar-refractivity contribution in [1.82, 2.24) is 4.98 Å². The van der Waals surface area contributed by atoms with Crippen molar-refractivity contribution in [2.24, 2.45) is 0 Å². The summed E-state index contributed by atoms with van der Waals surface area (Å²) in [5.74, 6) is -1.47. The van der Waals surface area contributed by atoms with Crippen molar-refractivity contribution in [2.75, 3.05) is 6.61 Å². The van der Waals surface area contributed by atoms with Gasteiger partial charge in [0.05, 0.1) is 6.61 Å². The third kappa shape index (κ3) is 8.02. The summed E-state index contributed by atoms with van der Waals surface area (Å²) in [5.41, 5.74) is 1.19. The highest BCUT2D eigenvalue weighted by atomic mass is 32.2. The van der Waals surface area contributed by atoms with Crippen molar-refractivity contribution in [3.05, 3.63) is 36.7 Å². The third-order valence-electron chi connectivity index (χ3n) is 5.47. The molecule has 3 aromatic rings. The number of carboxylic acid groups (broad SMARTS) is 2. The summed E-state index contributed by atoms with van der Waals surface area (Å²) in [5, 5.41) is 17.4. The Morgan fingerprint density at radius 1 is 0.944 bits per heavy atom. The predicted molar refractivity (Wildman–Crippen MR) is 127 cm³/mol. The Morgan fingerprint density at radius 2 is 1.58 bits per heavy atom. The summed E-state index contributed by atoms with van der Waals surface area (Å²) >= 11 is 0. The molecule has 0 spiro atoms. The van der Waals surface area contributed by atoms with Gasteiger partial charge in [-0.3, -0.25) is 14.1 Å². The van der Waals surface area contributed by atoms with Crippen molar-refractivity contribution in [3.63, 3.8) is 0 Å². The second kappa shape index (κ2) is 12.5. The summed E-state index contributed by atoms with van der Waals surface area (Å²) in [7, 11) is -4.58. The molecule has 0 aliphatic rings. The van der Waals surface area contributed by atoms with E-state index < -0.39 is 27.0 Å². The molecule has 0 aliphatic heterocycles. The van der Waals surface area contributed by atoms with E-state index in [1.54, 1.807) is 12.1 Å². The molecule has 1 aromatic carbocycles. The number of aryl methyl sites for hydroxylation is 1. The zero-order valence-corrected chi connectivity index (χ0v) is 20.4. The molecule has 2 heterocycles. The first-order valence-corrected chi connectivity index (χ1v) is 13.1. The van der Waals surface area contributed by atoms with Gasteiger partial charge in [-0.05, 0) is 38.2 Å². The number of unbranched alkanes of at least 4 members (excludes halogenated alkanes) is 4. The molecule has 0 amide bonds. The average Bonchev–Trinajstić information content (AvgIpc) is 3.23. The van der Waals surface area contributed by atoms with Crippen LogP contribution in [-0.2, 0) is 26.3 Å². The molecule has 0 aliphatic carbocycles. The van der Waals surface area contributed by atoms with Gasteiger partial charge in [-0.1, -0.05) is 0 Å². The lowest BCUT2D eigenvalue weighted by molar-refractivity contribution is -0.697. The number of carboxylic acids is 2. The summed E-state index contributed by atoms with van der Waals surface area (Å²) in [6, 6.07) is 6.17. The van der Waals surface area contributed by atoms with Crippen LogP contribution in [0, 0.1) is 0 Å². The van der Waals surface area contributed by atoms with Gasteiger partial charge in [0, 0.05) is 43.0 Å². The minimum Gasteiger partial charge on any atom is -0.492 e. The van der Waals surface area contributed by atoms with Crippen LogP contribution in [0.1, 0.15) is 51.4 Å². The molecule has 0 fully saturated rings. The van der Waals surface area contributed by atoms with Crippen LogP contribution in [0.3, 0.4) is 0 Å². The largest absolute Gasteiger partial charge is 0.492 e. The van der Waals surface area contributed by atoms with Crippen LogP contribution in [0.2, 0.25) is 0 Å². The van der Waals surface area contributed by atoms with E-state index >= 15 is 0 Å². The van der Waals surface area contributed by atoms with E-state index in [-0.39, 0.29) is 42.2 Å². The predicted octanol–water partition coefficient (Wildman–Crippen LogP) is 3.70. The highest BCUT2D eigenvalue weighted by Gasteiger charge is 2.21. The van der Waals surface area contributed by atoms with E-state index in [4.69, 9.17) is 19.4 Å². The Labute approximate surface area is 208 Å². The number of ether oxygens (including phenoxy) is 1. The molecule has 12 heteroatoms. The van der Waals surface area contributed by atoms with Crippen molar-refractivity contribution >= 4 is 33.2 Å². The number of fused-ring (bicyclic) bond motifs is 1. The van der Waals surface area contributed by atoms with E-state index in [1.165, 1.54) is 12.1 Å². The van der Waals surface area contributed by atoms with Crippen molar-refractivity contribution in [1.29, 1.82) is 0 Å². The maximum atomic E-state index is 11.9. The Hall–Kier alpha value is -3.51. The standard InChI is InChI=1S/C24H28N2O9S/c27-22(28)7-3-1-5-11-26-12-9-17(10-13-26)24-25-18-15-21(36(31,32)33)20(16-19(18)35-24)34-14-6-2-4-8-23(29)30/h9-10,12-13,15-16H,1-8,11,14H2,(H2-,27,28,29,30,31,32,33)/p+1. The second-order valence-corrected chi connectivity index (χ2v) is 9.73. The van der Waals surface area contributed by atoms with E-state index in [9.17, 15) is 22.6 Å². The molecular formula is C24H29N2O9S+. The summed E-state index contributed by atoms with van der Waals surface area (Å²) in [4.78, 5) is 25.1. The lowest BCUT2D eigenvalue weighted by atomic mass is 10.2. The van der Waals surface area contributed by atoms with Crippen LogP contribution in [0.15, 0.2) is 46.0 Å². The molecule has 0 saturated carbocycles. The smallest absolute Gasteiger partial charge is 0.303 e. The van der Waals surface area contributed by atoms with Crippen molar-refractivity contribution < 1.29 is 46.5 Å². The van der Waals surface area contributed by atoms with E-state index in [2.05, 4.69) is 4.98 Å². The van der Waals surface area contributed by atoms with Gasteiger partial charge in [-0.15, -0.1) is 0 Å². The Morgan fingerprint density at radius 3 is 2.19 bits per heavy atom. The Balaban J connectivity index is 1.69. The fraction of sp³-hybridized carbons (Fsp3) is 0.417. The first kappa shape index (κ1) is 27.1. The zero-order chi connectivity index (χ0) is 26.1. The van der Waals surface area contributed by atoms with E-state index in [1.807, 2.05) is 17.0 Å². The number of aliphatic carboxylic acids is 2. The van der Waals surface area contributed by atoms with Gasteiger partial charge in [0.2, 0.25) is 5.89 Å². The van der Waals surface area contributed by atoms with Crippen molar-refractivity contribution in [3.8, 4) is 17.2 Å². The summed E-state index contributed by atoms with van der Waals surface area (Å²) < 4.78 is 46.8. The minimum atomic E-state index is -4.58. The van der Waals surface area contributed by atoms with Crippen LogP contribution in [-0.4, -0.2) is 46.7 Å². The highest BCUT2D eigenvalue weighted by molar-refractivity contribution is 7.86. The van der Waals surface area contributed by atoms with Gasteiger partial charge in [0.15, 0.2) is 18.0 Å². The molecule has 36 heavy (non-hydrogen) atoms. The molecule has 3 rings (SSSR count). The maximum absolute atomic E-state index is 11.9. The monoisotopic (exact) mass is 521 g/mol. The van der Waals surface area contributed by atoms with Crippen LogP contribution >= 0.6 is 0 Å². The number of carbonyl (C=O) groups is 2. The highest BCUT2D eigenvalue weighted by Crippen LogP contribution is 2.32. The van der Waals surface area contributed by atoms with Gasteiger partial charge in [0.1, 0.15) is 22.7 Å². The molecule has 194 valence electrons. The number of aromatic nitrogens is 2. The molecule has 0 atom stereocenters. The molecule has 0 radical (unpaired) electrons.